The Morgan fingerprint density at radius 1 is 0.868 bits per heavy atom. The van der Waals surface area contributed by atoms with Crippen LogP contribution < -0.4 is 9.46 Å². The lowest BCUT2D eigenvalue weighted by Crippen LogP contribution is -2.48. The first-order valence-electron chi connectivity index (χ1n) is 16.9. The van der Waals surface area contributed by atoms with Crippen molar-refractivity contribution < 1.29 is 45.4 Å². The number of nitrogens with one attached hydrogen (secondary N) is 1. The number of halogens is 6. The van der Waals surface area contributed by atoms with E-state index in [-0.39, 0.29) is 33.5 Å². The van der Waals surface area contributed by atoms with Crippen LogP contribution in [0.5, 0.6) is 5.75 Å². The van der Waals surface area contributed by atoms with Gasteiger partial charge in [-0.05, 0) is 90.1 Å². The van der Waals surface area contributed by atoms with Gasteiger partial charge in [-0.15, -0.1) is 0 Å². The molecule has 53 heavy (non-hydrogen) atoms. The highest BCUT2D eigenvalue weighted by Gasteiger charge is 2.54. The molecule has 2 N–H and O–H groups in total. The maximum Gasteiger partial charge on any atom is 0.335 e. The van der Waals surface area contributed by atoms with Crippen LogP contribution in [-0.4, -0.2) is 41.8 Å². The van der Waals surface area contributed by atoms with Gasteiger partial charge in [-0.1, -0.05) is 53.5 Å². The van der Waals surface area contributed by atoms with Crippen molar-refractivity contribution in [2.75, 3.05) is 10.5 Å². The van der Waals surface area contributed by atoms with Crippen molar-refractivity contribution in [1.29, 1.82) is 0 Å². The summed E-state index contributed by atoms with van der Waals surface area (Å²) in [6.45, 7) is -0.0610. The zero-order chi connectivity index (χ0) is 37.8. The summed E-state index contributed by atoms with van der Waals surface area (Å²) in [5.74, 6) is -10.7. The number of benzene rings is 4. The minimum Gasteiger partial charge on any atom is -0.478 e. The Kier molecular flexibility index (Phi) is 9.88. The monoisotopic (exact) mass is 790 g/mol. The standard InChI is InChI=1S/C38H32Cl2F4N2O6S/c39-29-3-1-2-24(31(29)40)17-28-32(41)33(42)34(43)35(44)36(28)45-53(50,51)19-30(47)46(38(12-13-38)52-27-10-8-23(9-11-27)37(48)49)18-20-14-25(21-4-5-21)16-26(15-20)22-6-7-22/h1-3,8-11,14-16,21-22,45H,4-7,12-13,17-19H2,(H,48,49). The van der Waals surface area contributed by atoms with Gasteiger partial charge in [0.1, 0.15) is 11.5 Å². The number of carboxylic acid groups (broad SMARTS) is 1. The summed E-state index contributed by atoms with van der Waals surface area (Å²) in [5, 5.41) is 9.25. The van der Waals surface area contributed by atoms with Gasteiger partial charge >= 0.3 is 5.97 Å². The molecule has 0 bridgehead atoms. The van der Waals surface area contributed by atoms with E-state index in [9.17, 15) is 31.9 Å². The molecule has 0 radical (unpaired) electrons. The predicted molar refractivity (Wildman–Crippen MR) is 190 cm³/mol. The number of carbonyl (C=O) groups is 2. The van der Waals surface area contributed by atoms with Gasteiger partial charge in [0.05, 0.1) is 21.3 Å². The second-order valence-electron chi connectivity index (χ2n) is 13.8. The van der Waals surface area contributed by atoms with E-state index >= 15 is 8.78 Å². The van der Waals surface area contributed by atoms with Crippen LogP contribution in [0, 0.1) is 23.3 Å². The molecule has 4 aromatic rings. The van der Waals surface area contributed by atoms with Crippen molar-refractivity contribution in [2.24, 2.45) is 0 Å². The van der Waals surface area contributed by atoms with E-state index in [2.05, 4.69) is 6.07 Å². The number of nitrogens with zero attached hydrogens (tertiary/aromatic N) is 1. The molecule has 278 valence electrons. The zero-order valence-corrected chi connectivity index (χ0v) is 30.2. The third-order valence-corrected chi connectivity index (χ3v) is 11.7. The predicted octanol–water partition coefficient (Wildman–Crippen LogP) is 8.93. The average molecular weight is 792 g/mol. The van der Waals surface area contributed by atoms with Crippen LogP contribution >= 0.6 is 23.2 Å². The fourth-order valence-corrected chi connectivity index (χ4v) is 7.92. The summed E-state index contributed by atoms with van der Waals surface area (Å²) in [6, 6.07) is 15.9. The number of sulfonamides is 1. The molecule has 0 saturated heterocycles. The van der Waals surface area contributed by atoms with Gasteiger partial charge in [-0.25, -0.2) is 30.8 Å². The Morgan fingerprint density at radius 2 is 1.47 bits per heavy atom. The van der Waals surface area contributed by atoms with E-state index in [4.69, 9.17) is 27.9 Å². The minimum atomic E-state index is -4.93. The summed E-state index contributed by atoms with van der Waals surface area (Å²) in [5.41, 5.74) is -0.354. The quantitative estimate of drug-likeness (QED) is 0.0571. The number of rotatable bonds is 14. The number of carbonyl (C=O) groups excluding carboxylic acids is 1. The molecule has 3 saturated carbocycles. The Balaban J connectivity index is 1.21. The fourth-order valence-electron chi connectivity index (χ4n) is 6.46. The number of anilines is 1. The maximum absolute atomic E-state index is 15.3. The van der Waals surface area contributed by atoms with Crippen molar-refractivity contribution in [1.82, 2.24) is 4.90 Å². The highest BCUT2D eigenvalue weighted by atomic mass is 35.5. The van der Waals surface area contributed by atoms with E-state index in [1.54, 1.807) is 4.72 Å². The molecule has 1 amide bonds. The molecule has 0 aliphatic heterocycles. The molecule has 3 aliphatic carbocycles. The minimum absolute atomic E-state index is 0.00898. The van der Waals surface area contributed by atoms with E-state index in [1.165, 1.54) is 47.4 Å². The molecule has 4 aromatic carbocycles. The Morgan fingerprint density at radius 3 is 2.04 bits per heavy atom. The van der Waals surface area contributed by atoms with Gasteiger partial charge in [0, 0.05) is 31.4 Å². The Labute approximate surface area is 312 Å². The Hall–Kier alpha value is -4.33. The van der Waals surface area contributed by atoms with Gasteiger partial charge < -0.3 is 9.84 Å². The second kappa shape index (κ2) is 14.1. The van der Waals surface area contributed by atoms with Gasteiger partial charge in [0.15, 0.2) is 29.0 Å². The molecule has 15 heteroatoms. The number of carboxylic acids is 1. The third-order valence-electron chi connectivity index (χ3n) is 9.69. The van der Waals surface area contributed by atoms with Crippen LogP contribution in [0.15, 0.2) is 60.7 Å². The second-order valence-corrected chi connectivity index (χ2v) is 16.3. The van der Waals surface area contributed by atoms with Crippen molar-refractivity contribution in [3.8, 4) is 5.75 Å². The van der Waals surface area contributed by atoms with E-state index in [0.29, 0.717) is 24.7 Å². The summed E-state index contributed by atoms with van der Waals surface area (Å²) >= 11 is 12.3. The molecule has 8 nitrogen and oxygen atoms in total. The molecule has 0 aromatic heterocycles. The van der Waals surface area contributed by atoms with Crippen LogP contribution in [0.2, 0.25) is 10.0 Å². The number of hydrogen-bond acceptors (Lipinski definition) is 5. The molecular weight excluding hydrogens is 759 g/mol. The van der Waals surface area contributed by atoms with Crippen molar-refractivity contribution in [3.63, 3.8) is 0 Å². The molecule has 0 heterocycles. The van der Waals surface area contributed by atoms with E-state index in [0.717, 1.165) is 42.4 Å². The van der Waals surface area contributed by atoms with Crippen molar-refractivity contribution >= 4 is 50.8 Å². The largest absolute Gasteiger partial charge is 0.478 e. The normalized spacial score (nSPS) is 16.3. The van der Waals surface area contributed by atoms with Crippen LogP contribution in [0.1, 0.15) is 88.5 Å². The Bertz CT molecular complexity index is 2210. The van der Waals surface area contributed by atoms with Gasteiger partial charge in [0.25, 0.3) is 0 Å². The first kappa shape index (κ1) is 37.0. The summed E-state index contributed by atoms with van der Waals surface area (Å²) < 4.78 is 95.0. The molecule has 0 atom stereocenters. The highest BCUT2D eigenvalue weighted by molar-refractivity contribution is 7.93. The average Bonchev–Trinajstić information content (AvgIpc) is 3.96. The van der Waals surface area contributed by atoms with Crippen molar-refractivity contribution in [2.45, 2.75) is 69.1 Å². The molecule has 3 aliphatic rings. The SMILES string of the molecule is O=C(O)c1ccc(OC2(N(Cc3cc(C4CC4)cc(C4CC4)c3)C(=O)CS(=O)(=O)Nc3c(F)c(F)c(F)c(F)c3Cc3cccc(Cl)c3Cl)CC2)cc1. The lowest BCUT2D eigenvalue weighted by Gasteiger charge is -2.33. The van der Waals surface area contributed by atoms with Crippen molar-refractivity contribution in [3.05, 3.63) is 127 Å². The van der Waals surface area contributed by atoms with Crippen LogP contribution in [0.25, 0.3) is 0 Å². The molecule has 3 fully saturated rings. The van der Waals surface area contributed by atoms with E-state index < -0.39 is 74.3 Å². The first-order chi connectivity index (χ1) is 25.1. The number of ether oxygens (including phenoxy) is 1. The van der Waals surface area contributed by atoms with Crippen LogP contribution in [0.3, 0.4) is 0 Å². The maximum atomic E-state index is 15.3. The van der Waals surface area contributed by atoms with Gasteiger partial charge in [-0.2, -0.15) is 0 Å². The summed E-state index contributed by atoms with van der Waals surface area (Å²) in [7, 11) is -4.93. The highest BCUT2D eigenvalue weighted by Crippen LogP contribution is 2.48. The fraction of sp³-hybridized carbons (Fsp3) is 0.316. The number of aromatic carboxylic acids is 1. The lowest BCUT2D eigenvalue weighted by molar-refractivity contribution is -0.140. The molecule has 7 rings (SSSR count). The van der Waals surface area contributed by atoms with Gasteiger partial charge in [-0.3, -0.25) is 14.4 Å². The first-order valence-corrected chi connectivity index (χ1v) is 19.3. The van der Waals surface area contributed by atoms with Crippen LogP contribution in [0.4, 0.5) is 23.2 Å². The topological polar surface area (TPSA) is 113 Å². The molecule has 0 spiro atoms. The summed E-state index contributed by atoms with van der Waals surface area (Å²) in [4.78, 5) is 26.9. The third kappa shape index (κ3) is 7.97. The number of amides is 1. The molecular formula is C38H32Cl2F4N2O6S. The molecule has 0 unspecified atom stereocenters. The van der Waals surface area contributed by atoms with E-state index in [1.807, 2.05) is 12.1 Å². The van der Waals surface area contributed by atoms with Gasteiger partial charge in [0.2, 0.25) is 15.9 Å². The summed E-state index contributed by atoms with van der Waals surface area (Å²) in [6.07, 6.45) is 4.06. The smallest absolute Gasteiger partial charge is 0.335 e. The number of hydrogen-bond donors (Lipinski definition) is 2. The lowest BCUT2D eigenvalue weighted by atomic mass is 9.99. The van der Waals surface area contributed by atoms with Crippen LogP contribution in [-0.2, 0) is 27.8 Å². The zero-order valence-electron chi connectivity index (χ0n) is 27.9.